The van der Waals surface area contributed by atoms with E-state index in [0.717, 1.165) is 12.8 Å². The maximum absolute atomic E-state index is 2.55. The topological polar surface area (TPSA) is 0 Å². The Morgan fingerprint density at radius 3 is 2.12 bits per heavy atom. The number of hydrogen-bond acceptors (Lipinski definition) is 0. The van der Waals surface area contributed by atoms with Gasteiger partial charge in [-0.2, -0.15) is 0 Å². The van der Waals surface area contributed by atoms with Gasteiger partial charge in [-0.25, -0.2) is 0 Å². The summed E-state index contributed by atoms with van der Waals surface area (Å²) in [6, 6.07) is 27.4. The van der Waals surface area contributed by atoms with Crippen LogP contribution in [0.5, 0.6) is 0 Å². The molecular formula is C39H39Cl2Zr. The molecule has 0 aromatic heterocycles. The second-order valence-corrected chi connectivity index (χ2v) is 14.8. The maximum atomic E-state index is 2.55. The molecule has 0 heterocycles. The molecule has 3 aliphatic rings. The molecule has 0 saturated heterocycles. The van der Waals surface area contributed by atoms with Crippen LogP contribution >= 0.6 is 0 Å². The molecule has 3 aromatic rings. The molecule has 0 aliphatic heterocycles. The third-order valence-electron chi connectivity index (χ3n) is 8.62. The van der Waals surface area contributed by atoms with Crippen LogP contribution in [-0.2, 0) is 29.2 Å². The molecule has 0 amide bonds. The summed E-state index contributed by atoms with van der Waals surface area (Å²) in [6.45, 7) is 9.45. The average molecular weight is 670 g/mol. The van der Waals surface area contributed by atoms with E-state index < -0.39 is 22.8 Å². The van der Waals surface area contributed by atoms with Gasteiger partial charge in [0.1, 0.15) is 0 Å². The van der Waals surface area contributed by atoms with Gasteiger partial charge in [0.15, 0.2) is 0 Å². The van der Waals surface area contributed by atoms with Crippen molar-refractivity contribution in [1.29, 1.82) is 0 Å². The van der Waals surface area contributed by atoms with E-state index >= 15 is 0 Å². The first kappa shape index (κ1) is 32.6. The number of halogens is 2. The predicted molar refractivity (Wildman–Crippen MR) is 168 cm³/mol. The molecule has 3 aromatic carbocycles. The van der Waals surface area contributed by atoms with Crippen molar-refractivity contribution in [3.05, 3.63) is 153 Å². The zero-order valence-electron chi connectivity index (χ0n) is 25.1. The summed E-state index contributed by atoms with van der Waals surface area (Å²) >= 11 is -1.26. The standard InChI is InChI=1S/C26H29.C13H10.2ClH.Zr/c1-5-9-20-15-18(3)16-21-17-23-22(24(20)21)12-14-26(4,13-6-2)25(23)19-10-7-8-11-19;1-3-7-12(8-4-1)11-13-9-5-2-6-10-13;;;/h7-8,10,12,14-16H,5-6,9,11,13H2,1-4H3;1-10H;2*1H;/q;;;;+2/p-2. The number of hydrogen-bond donors (Lipinski definition) is 0. The molecular weight excluding hydrogens is 631 g/mol. The molecule has 3 heteroatoms. The Morgan fingerprint density at radius 1 is 0.881 bits per heavy atom. The minimum atomic E-state index is -1.26. The number of rotatable bonds is 8. The van der Waals surface area contributed by atoms with E-state index in [1.807, 2.05) is 0 Å². The van der Waals surface area contributed by atoms with Crippen LogP contribution < -0.4 is 35.3 Å². The van der Waals surface area contributed by atoms with Crippen LogP contribution in [0.1, 0.15) is 68.7 Å². The normalized spacial score (nSPS) is 18.1. The molecule has 6 rings (SSSR count). The summed E-state index contributed by atoms with van der Waals surface area (Å²) in [5.41, 5.74) is 11.9. The van der Waals surface area contributed by atoms with Gasteiger partial charge in [-0.1, -0.05) is 0 Å². The quantitative estimate of drug-likeness (QED) is 0.345. The smallest absolute Gasteiger partial charge is 1.00 e. The molecule has 1 atom stereocenters. The van der Waals surface area contributed by atoms with Crippen LogP contribution in [-0.4, -0.2) is 3.21 Å². The van der Waals surface area contributed by atoms with E-state index in [4.69, 9.17) is 0 Å². The van der Waals surface area contributed by atoms with Crippen LogP contribution in [0.25, 0.3) is 8.85 Å². The van der Waals surface area contributed by atoms with Crippen LogP contribution in [0.15, 0.2) is 120 Å². The van der Waals surface area contributed by atoms with Gasteiger partial charge in [-0.3, -0.25) is 0 Å². The summed E-state index contributed by atoms with van der Waals surface area (Å²) in [4.78, 5) is 0. The molecule has 42 heavy (non-hydrogen) atoms. The molecule has 3 aliphatic carbocycles. The average Bonchev–Trinajstić information content (AvgIpc) is 3.59. The number of aryl methyl sites for hydroxylation is 2. The number of fused-ring (bicyclic) bond motifs is 2. The van der Waals surface area contributed by atoms with Gasteiger partial charge >= 0.3 is 253 Å². The van der Waals surface area contributed by atoms with Crippen molar-refractivity contribution in [2.24, 2.45) is 5.41 Å². The second kappa shape index (κ2) is 14.0. The number of benzene rings is 3. The zero-order valence-corrected chi connectivity index (χ0v) is 29.1. The van der Waals surface area contributed by atoms with Gasteiger partial charge < -0.3 is 24.8 Å². The first-order valence-electron chi connectivity index (χ1n) is 15.0. The first-order chi connectivity index (χ1) is 19.5. The Hall–Kier alpha value is -2.31. The fourth-order valence-electron chi connectivity index (χ4n) is 6.96. The molecule has 0 nitrogen and oxygen atoms in total. The summed E-state index contributed by atoms with van der Waals surface area (Å²) in [5.74, 6) is 0. The molecule has 1 unspecified atom stereocenters. The van der Waals surface area contributed by atoms with Crippen molar-refractivity contribution in [2.75, 3.05) is 0 Å². The van der Waals surface area contributed by atoms with Crippen molar-refractivity contribution in [1.82, 2.24) is 0 Å². The van der Waals surface area contributed by atoms with Gasteiger partial charge in [0.25, 0.3) is 0 Å². The third kappa shape index (κ3) is 6.04. The summed E-state index contributed by atoms with van der Waals surface area (Å²) in [7, 11) is 0. The Kier molecular flexibility index (Phi) is 10.9. The fraction of sp³-hybridized carbons (Fsp3) is 0.256. The summed E-state index contributed by atoms with van der Waals surface area (Å²) in [5, 5.41) is 3.05. The van der Waals surface area contributed by atoms with Crippen molar-refractivity contribution in [3.8, 4) is 0 Å². The molecule has 213 valence electrons. The van der Waals surface area contributed by atoms with Crippen LogP contribution in [0, 0.1) is 12.3 Å². The molecule has 0 spiro atoms. The van der Waals surface area contributed by atoms with Gasteiger partial charge in [0.05, 0.1) is 0 Å². The van der Waals surface area contributed by atoms with E-state index in [1.54, 1.807) is 17.6 Å². The molecule has 0 fully saturated rings. The molecule has 0 bridgehead atoms. The van der Waals surface area contributed by atoms with Crippen molar-refractivity contribution < 1.29 is 47.6 Å². The Labute approximate surface area is 275 Å². The number of allylic oxidation sites excluding steroid dienone is 8. The van der Waals surface area contributed by atoms with Gasteiger partial charge in [0.2, 0.25) is 0 Å². The van der Waals surface area contributed by atoms with E-state index in [0.29, 0.717) is 0 Å². The summed E-state index contributed by atoms with van der Waals surface area (Å²) < 4.78 is 3.24. The zero-order chi connectivity index (χ0) is 27.7. The fourth-order valence-corrected chi connectivity index (χ4v) is 10.9. The second-order valence-electron chi connectivity index (χ2n) is 11.7. The summed E-state index contributed by atoms with van der Waals surface area (Å²) in [6.07, 6.45) is 17.8. The molecule has 0 radical (unpaired) electrons. The minimum Gasteiger partial charge on any atom is -1.00 e. The third-order valence-corrected chi connectivity index (χ3v) is 12.5. The van der Waals surface area contributed by atoms with E-state index in [2.05, 4.69) is 131 Å². The van der Waals surface area contributed by atoms with Crippen molar-refractivity contribution in [3.63, 3.8) is 0 Å². The van der Waals surface area contributed by atoms with Crippen LogP contribution in [0.3, 0.4) is 0 Å². The predicted octanol–water partition coefficient (Wildman–Crippen LogP) is 2.14. The Balaban J connectivity index is 0.00000202. The largest absolute Gasteiger partial charge is 1.00 e. The van der Waals surface area contributed by atoms with Crippen molar-refractivity contribution >= 4 is 12.1 Å². The van der Waals surface area contributed by atoms with Crippen LogP contribution in [0.4, 0.5) is 0 Å². The molecule has 0 saturated carbocycles. The Morgan fingerprint density at radius 2 is 1.55 bits per heavy atom. The van der Waals surface area contributed by atoms with Gasteiger partial charge in [-0.15, -0.1) is 0 Å². The van der Waals surface area contributed by atoms with E-state index in [9.17, 15) is 0 Å². The monoisotopic (exact) mass is 667 g/mol. The SMILES string of the molecule is CCCc1cc(C)cc2c1=C1C=CC(C)(CCC)C(C3=CC=CC3)=C1[C]=2[Zr+2]=[C](c1ccccc1)c1ccccc1.[Cl-].[Cl-]. The molecule has 0 N–H and O–H groups in total. The van der Waals surface area contributed by atoms with Gasteiger partial charge in [0, 0.05) is 0 Å². The minimum absolute atomic E-state index is 0. The first-order valence-corrected chi connectivity index (χ1v) is 17.4. The van der Waals surface area contributed by atoms with E-state index in [-0.39, 0.29) is 30.2 Å². The Bertz CT molecular complexity index is 1700. The van der Waals surface area contributed by atoms with E-state index in [1.165, 1.54) is 63.1 Å². The maximum Gasteiger partial charge on any atom is -1.00 e. The van der Waals surface area contributed by atoms with Crippen LogP contribution in [0.2, 0.25) is 0 Å². The van der Waals surface area contributed by atoms with Gasteiger partial charge in [-0.05, 0) is 0 Å². The van der Waals surface area contributed by atoms with Crippen molar-refractivity contribution in [2.45, 2.75) is 59.8 Å².